The molecule has 0 bridgehead atoms. The minimum atomic E-state index is 0.496. The van der Waals surface area contributed by atoms with Crippen LogP contribution in [-0.4, -0.2) is 11.2 Å². The van der Waals surface area contributed by atoms with Crippen molar-refractivity contribution in [1.29, 1.82) is 0 Å². The van der Waals surface area contributed by atoms with E-state index in [2.05, 4.69) is 29.3 Å². The van der Waals surface area contributed by atoms with Crippen LogP contribution in [0.3, 0.4) is 0 Å². The van der Waals surface area contributed by atoms with Gasteiger partial charge in [-0.3, -0.25) is 0 Å². The minimum absolute atomic E-state index is 0.496. The van der Waals surface area contributed by atoms with E-state index in [0.717, 1.165) is 5.92 Å². The first-order chi connectivity index (χ1) is 5.36. The third-order valence-corrected chi connectivity index (χ3v) is 2.73. The number of hydrogen-bond acceptors (Lipinski definition) is 2. The second-order valence-electron chi connectivity index (χ2n) is 3.30. The van der Waals surface area contributed by atoms with Crippen LogP contribution in [0.1, 0.15) is 39.0 Å². The van der Waals surface area contributed by atoms with Gasteiger partial charge in [-0.1, -0.05) is 13.3 Å². The zero-order chi connectivity index (χ0) is 8.10. The summed E-state index contributed by atoms with van der Waals surface area (Å²) in [7, 11) is 0. The first kappa shape index (κ1) is 8.89. The molecule has 0 spiro atoms. The summed E-state index contributed by atoms with van der Waals surface area (Å²) in [6.45, 7) is 2.27. The van der Waals surface area contributed by atoms with E-state index in [9.17, 15) is 0 Å². The standard InChI is InChI=1S/C9H15NS/c1-2-8-3-5-9(6-4-8)10-7-11/h8-9H,2-6H2,1H3. The maximum atomic E-state index is 4.57. The van der Waals surface area contributed by atoms with Crippen molar-refractivity contribution >= 4 is 17.4 Å². The van der Waals surface area contributed by atoms with E-state index in [-0.39, 0.29) is 0 Å². The molecule has 1 saturated carbocycles. The van der Waals surface area contributed by atoms with Gasteiger partial charge in [0.1, 0.15) is 0 Å². The van der Waals surface area contributed by atoms with Gasteiger partial charge in [0.05, 0.1) is 11.2 Å². The van der Waals surface area contributed by atoms with Gasteiger partial charge in [-0.2, -0.15) is 0 Å². The molecule has 0 saturated heterocycles. The molecule has 0 aromatic heterocycles. The largest absolute Gasteiger partial charge is 0.229 e. The predicted octanol–water partition coefficient (Wildman–Crippen LogP) is 3.06. The Morgan fingerprint density at radius 3 is 2.45 bits per heavy atom. The predicted molar refractivity (Wildman–Crippen MR) is 51.1 cm³/mol. The monoisotopic (exact) mass is 169 g/mol. The Morgan fingerprint density at radius 1 is 1.36 bits per heavy atom. The van der Waals surface area contributed by atoms with Gasteiger partial charge in [0.25, 0.3) is 0 Å². The number of aliphatic imine (C=N–C) groups is 1. The molecule has 2 heteroatoms. The number of nitrogens with zero attached hydrogens (tertiary/aromatic N) is 1. The first-order valence-corrected chi connectivity index (χ1v) is 4.84. The number of isothiocyanates is 1. The normalized spacial score (nSPS) is 31.0. The minimum Gasteiger partial charge on any atom is -0.229 e. The Kier molecular flexibility index (Phi) is 3.74. The molecule has 1 fully saturated rings. The fourth-order valence-corrected chi connectivity index (χ4v) is 1.91. The van der Waals surface area contributed by atoms with Crippen molar-refractivity contribution < 1.29 is 0 Å². The third kappa shape index (κ3) is 2.72. The summed E-state index contributed by atoms with van der Waals surface area (Å²) in [6, 6.07) is 0.496. The Bertz CT molecular complexity index is 153. The SMILES string of the molecule is CCC1CCC(N=C=S)CC1. The average Bonchev–Trinajstić information content (AvgIpc) is 2.07. The van der Waals surface area contributed by atoms with E-state index >= 15 is 0 Å². The molecule has 0 atom stereocenters. The van der Waals surface area contributed by atoms with Crippen molar-refractivity contribution in [1.82, 2.24) is 0 Å². The van der Waals surface area contributed by atoms with Crippen LogP contribution in [0.2, 0.25) is 0 Å². The summed E-state index contributed by atoms with van der Waals surface area (Å²) in [6.07, 6.45) is 6.45. The lowest BCUT2D eigenvalue weighted by molar-refractivity contribution is 0.321. The molecule has 0 aromatic carbocycles. The van der Waals surface area contributed by atoms with Crippen LogP contribution in [0.25, 0.3) is 0 Å². The smallest absolute Gasteiger partial charge is 0.0603 e. The van der Waals surface area contributed by atoms with Crippen molar-refractivity contribution in [2.24, 2.45) is 10.9 Å². The molecule has 0 aliphatic heterocycles. The van der Waals surface area contributed by atoms with Gasteiger partial charge >= 0.3 is 0 Å². The molecule has 0 heterocycles. The number of hydrogen-bond donors (Lipinski definition) is 0. The van der Waals surface area contributed by atoms with E-state index in [0.29, 0.717) is 6.04 Å². The van der Waals surface area contributed by atoms with Gasteiger partial charge in [-0.05, 0) is 43.8 Å². The summed E-state index contributed by atoms with van der Waals surface area (Å²) < 4.78 is 0. The average molecular weight is 169 g/mol. The van der Waals surface area contributed by atoms with Gasteiger partial charge in [-0.25, -0.2) is 4.99 Å². The van der Waals surface area contributed by atoms with E-state index in [1.54, 1.807) is 0 Å². The van der Waals surface area contributed by atoms with Crippen LogP contribution in [0, 0.1) is 5.92 Å². The Balaban J connectivity index is 2.29. The van der Waals surface area contributed by atoms with Gasteiger partial charge < -0.3 is 0 Å². The Morgan fingerprint density at radius 2 is 2.00 bits per heavy atom. The van der Waals surface area contributed by atoms with E-state index < -0.39 is 0 Å². The maximum absolute atomic E-state index is 4.57. The summed E-state index contributed by atoms with van der Waals surface area (Å²) >= 11 is 4.57. The van der Waals surface area contributed by atoms with Crippen LogP contribution >= 0.6 is 12.2 Å². The second-order valence-corrected chi connectivity index (χ2v) is 3.49. The molecule has 62 valence electrons. The Labute approximate surface area is 73.9 Å². The highest BCUT2D eigenvalue weighted by Crippen LogP contribution is 2.27. The molecule has 1 nitrogen and oxygen atoms in total. The fourth-order valence-electron chi connectivity index (χ4n) is 1.76. The topological polar surface area (TPSA) is 12.4 Å². The molecular weight excluding hydrogens is 154 g/mol. The lowest BCUT2D eigenvalue weighted by atomic mass is 9.85. The van der Waals surface area contributed by atoms with Crippen LogP contribution in [-0.2, 0) is 0 Å². The van der Waals surface area contributed by atoms with Crippen LogP contribution in [0.5, 0.6) is 0 Å². The summed E-state index contributed by atoms with van der Waals surface area (Å²) in [5.41, 5.74) is 0. The Hall–Kier alpha value is -0.200. The second kappa shape index (κ2) is 4.63. The van der Waals surface area contributed by atoms with E-state index in [1.807, 2.05) is 0 Å². The van der Waals surface area contributed by atoms with E-state index in [4.69, 9.17) is 0 Å². The summed E-state index contributed by atoms with van der Waals surface area (Å²) in [5, 5.41) is 2.48. The molecule has 1 aliphatic carbocycles. The van der Waals surface area contributed by atoms with Gasteiger partial charge in [-0.15, -0.1) is 0 Å². The summed E-state index contributed by atoms with van der Waals surface area (Å²) in [4.78, 5) is 4.12. The molecule has 0 aromatic rings. The van der Waals surface area contributed by atoms with Crippen molar-refractivity contribution in [2.45, 2.75) is 45.1 Å². The van der Waals surface area contributed by atoms with Crippen LogP contribution in [0.4, 0.5) is 0 Å². The van der Waals surface area contributed by atoms with Crippen LogP contribution in [0.15, 0.2) is 4.99 Å². The lowest BCUT2D eigenvalue weighted by Crippen LogP contribution is -2.16. The molecular formula is C9H15NS. The number of rotatable bonds is 2. The molecule has 0 unspecified atom stereocenters. The zero-order valence-electron chi connectivity index (χ0n) is 7.05. The fraction of sp³-hybridized carbons (Fsp3) is 0.889. The highest BCUT2D eigenvalue weighted by Gasteiger charge is 2.18. The lowest BCUT2D eigenvalue weighted by Gasteiger charge is -2.24. The molecule has 0 N–H and O–H groups in total. The van der Waals surface area contributed by atoms with Gasteiger partial charge in [0.2, 0.25) is 0 Å². The molecule has 11 heavy (non-hydrogen) atoms. The highest BCUT2D eigenvalue weighted by molar-refractivity contribution is 7.78. The third-order valence-electron chi connectivity index (χ3n) is 2.63. The maximum Gasteiger partial charge on any atom is 0.0603 e. The first-order valence-electron chi connectivity index (χ1n) is 4.43. The summed E-state index contributed by atoms with van der Waals surface area (Å²) in [5.74, 6) is 0.951. The zero-order valence-corrected chi connectivity index (χ0v) is 7.86. The molecule has 0 amide bonds. The van der Waals surface area contributed by atoms with Crippen molar-refractivity contribution in [3.05, 3.63) is 0 Å². The van der Waals surface area contributed by atoms with Crippen molar-refractivity contribution in [3.8, 4) is 0 Å². The highest BCUT2D eigenvalue weighted by atomic mass is 32.1. The van der Waals surface area contributed by atoms with Crippen molar-refractivity contribution in [2.75, 3.05) is 0 Å². The van der Waals surface area contributed by atoms with Crippen LogP contribution < -0.4 is 0 Å². The number of thiocarbonyl (C=S) groups is 1. The molecule has 1 aliphatic rings. The van der Waals surface area contributed by atoms with E-state index in [1.165, 1.54) is 32.1 Å². The van der Waals surface area contributed by atoms with Crippen molar-refractivity contribution in [3.63, 3.8) is 0 Å². The van der Waals surface area contributed by atoms with Gasteiger partial charge in [0, 0.05) is 0 Å². The molecule has 1 rings (SSSR count). The molecule has 0 radical (unpaired) electrons. The van der Waals surface area contributed by atoms with Gasteiger partial charge in [0.15, 0.2) is 0 Å². The quantitative estimate of drug-likeness (QED) is 0.457.